The van der Waals surface area contributed by atoms with Crippen LogP contribution in [0.5, 0.6) is 0 Å². The van der Waals surface area contributed by atoms with Gasteiger partial charge in [0.25, 0.3) is 0 Å². The van der Waals surface area contributed by atoms with Gasteiger partial charge in [-0.25, -0.2) is 0 Å². The summed E-state index contributed by atoms with van der Waals surface area (Å²) in [6.45, 7) is 4.25. The fraction of sp³-hybridized carbons (Fsp3) is 0.870. The van der Waals surface area contributed by atoms with E-state index in [1.165, 1.54) is 295 Å². The number of carbonyl (C=O) groups excluding carboxylic acids is 1. The van der Waals surface area contributed by atoms with Gasteiger partial charge in [-0.1, -0.05) is 339 Å². The van der Waals surface area contributed by atoms with Crippen LogP contribution in [0.3, 0.4) is 0 Å². The van der Waals surface area contributed by atoms with Gasteiger partial charge in [0.2, 0.25) is 5.91 Å². The highest BCUT2D eigenvalue weighted by Gasteiger charge is 2.20. The molecule has 0 aliphatic heterocycles. The Hall–Kier alpha value is -1.69. The van der Waals surface area contributed by atoms with E-state index in [0.717, 1.165) is 38.5 Å². The van der Waals surface area contributed by atoms with Gasteiger partial charge < -0.3 is 20.6 Å². The van der Waals surface area contributed by atoms with Crippen molar-refractivity contribution in [3.05, 3.63) is 48.6 Å². The van der Waals surface area contributed by atoms with Crippen molar-refractivity contribution >= 4 is 5.91 Å². The van der Waals surface area contributed by atoms with Crippen LogP contribution in [-0.2, 0) is 4.79 Å². The van der Waals surface area contributed by atoms with Gasteiger partial charge in [0.05, 0.1) is 31.3 Å². The Balaban J connectivity index is 3.54. The number of aliphatic hydroxyl groups is 3. The molecule has 1 amide bonds. The van der Waals surface area contributed by atoms with E-state index < -0.39 is 18.2 Å². The largest absolute Gasteiger partial charge is 0.394 e. The summed E-state index contributed by atoms with van der Waals surface area (Å²) in [4.78, 5) is 12.6. The predicted octanol–water partition coefficient (Wildman–Crippen LogP) is 21.5. The van der Waals surface area contributed by atoms with Crippen LogP contribution in [-0.4, -0.2) is 46.1 Å². The lowest BCUT2D eigenvalue weighted by Crippen LogP contribution is -2.45. The number of allylic oxidation sites excluding steroid dienone is 7. The summed E-state index contributed by atoms with van der Waals surface area (Å²) in [5, 5.41) is 33.6. The summed E-state index contributed by atoms with van der Waals surface area (Å²) in [5.41, 5.74) is 0. The van der Waals surface area contributed by atoms with Crippen molar-refractivity contribution < 1.29 is 20.1 Å². The number of aliphatic hydroxyl groups excluding tert-OH is 3. The highest BCUT2D eigenvalue weighted by molar-refractivity contribution is 5.76. The van der Waals surface area contributed by atoms with Gasteiger partial charge in [-0.2, -0.15) is 0 Å². The number of amides is 1. The van der Waals surface area contributed by atoms with E-state index in [-0.39, 0.29) is 18.9 Å². The zero-order chi connectivity index (χ0) is 53.6. The Labute approximate surface area is 463 Å². The van der Waals surface area contributed by atoms with Gasteiger partial charge in [0.1, 0.15) is 0 Å². The van der Waals surface area contributed by atoms with Crippen molar-refractivity contribution in [2.24, 2.45) is 0 Å². The highest BCUT2D eigenvalue weighted by Crippen LogP contribution is 2.18. The zero-order valence-corrected chi connectivity index (χ0v) is 50.0. The first-order valence-electron chi connectivity index (χ1n) is 33.4. The number of hydrogen-bond acceptors (Lipinski definition) is 4. The van der Waals surface area contributed by atoms with Crippen LogP contribution in [0.15, 0.2) is 48.6 Å². The summed E-state index contributed by atoms with van der Waals surface area (Å²) in [5.74, 6) is -0.321. The molecule has 0 spiro atoms. The Bertz CT molecular complexity index is 1190. The van der Waals surface area contributed by atoms with Gasteiger partial charge in [0, 0.05) is 0 Å². The second kappa shape index (κ2) is 63.8. The van der Waals surface area contributed by atoms with Crippen LogP contribution < -0.4 is 5.32 Å². The van der Waals surface area contributed by atoms with Gasteiger partial charge in [-0.3, -0.25) is 4.79 Å². The highest BCUT2D eigenvalue weighted by atomic mass is 16.3. The molecule has 436 valence electrons. The van der Waals surface area contributed by atoms with E-state index in [9.17, 15) is 20.1 Å². The third-order valence-electron chi connectivity index (χ3n) is 15.6. The minimum absolute atomic E-state index is 0.00659. The lowest BCUT2D eigenvalue weighted by Gasteiger charge is -2.21. The molecule has 0 aromatic carbocycles. The van der Waals surface area contributed by atoms with Crippen LogP contribution >= 0.6 is 0 Å². The first kappa shape index (κ1) is 72.3. The van der Waals surface area contributed by atoms with E-state index in [1.54, 1.807) is 6.08 Å². The molecule has 0 radical (unpaired) electrons. The normalized spacial score (nSPS) is 13.4. The average molecular weight is 1040 g/mol. The van der Waals surface area contributed by atoms with Crippen molar-refractivity contribution in [1.29, 1.82) is 0 Å². The molecule has 0 aliphatic rings. The SMILES string of the molecule is CCCCCCCCCCCCCCC/C=C\C/C=C\CCCCCCCCCCCCCCCCCC(O)CC(=O)NC(CO)C(O)/C=C/CC/C=C/CCCCCCCCCCCCCCCCCCCC. The topological polar surface area (TPSA) is 89.8 Å². The molecule has 0 heterocycles. The number of nitrogens with one attached hydrogen (secondary N) is 1. The second-order valence-electron chi connectivity index (χ2n) is 23.1. The number of carbonyl (C=O) groups is 1. The number of hydrogen-bond donors (Lipinski definition) is 4. The predicted molar refractivity (Wildman–Crippen MR) is 328 cm³/mol. The third kappa shape index (κ3) is 59.6. The standard InChI is InChI=1S/C69H131NO4/c1-3-5-7-9-11-13-15-17-19-21-23-25-27-29-30-31-32-33-34-35-36-37-38-39-40-42-44-46-48-50-52-54-56-58-60-62-66(72)64-69(74)70-67(65-71)68(73)63-61-59-57-55-53-51-49-47-45-43-41-28-26-24-22-20-18-16-14-12-10-8-6-4-2/h30-31,33-34,53,55,61,63,66-68,71-73H,3-29,32,35-52,54,56-60,62,64-65H2,1-2H3,(H,70,74)/b31-30-,34-33-,55-53+,63-61+. The van der Waals surface area contributed by atoms with E-state index >= 15 is 0 Å². The van der Waals surface area contributed by atoms with Crippen molar-refractivity contribution in [2.45, 2.75) is 379 Å². The fourth-order valence-electron chi connectivity index (χ4n) is 10.5. The Kier molecular flexibility index (Phi) is 62.4. The van der Waals surface area contributed by atoms with E-state index in [4.69, 9.17) is 0 Å². The van der Waals surface area contributed by atoms with Crippen LogP contribution in [0, 0.1) is 0 Å². The summed E-state index contributed by atoms with van der Waals surface area (Å²) in [7, 11) is 0. The lowest BCUT2D eigenvalue weighted by atomic mass is 10.0. The van der Waals surface area contributed by atoms with Crippen LogP contribution in [0.2, 0.25) is 0 Å². The minimum Gasteiger partial charge on any atom is -0.394 e. The maximum Gasteiger partial charge on any atom is 0.222 e. The molecule has 4 N–H and O–H groups in total. The molecule has 0 aromatic heterocycles. The number of unbranched alkanes of at least 4 members (excludes halogenated alkanes) is 47. The van der Waals surface area contributed by atoms with E-state index in [1.807, 2.05) is 6.08 Å². The molecule has 0 aromatic rings. The van der Waals surface area contributed by atoms with Crippen LogP contribution in [0.4, 0.5) is 0 Å². The molecule has 3 atom stereocenters. The van der Waals surface area contributed by atoms with Gasteiger partial charge >= 0.3 is 0 Å². The van der Waals surface area contributed by atoms with Crippen molar-refractivity contribution in [3.8, 4) is 0 Å². The maximum absolute atomic E-state index is 12.6. The molecule has 0 saturated carbocycles. The summed E-state index contributed by atoms with van der Waals surface area (Å²) in [6, 6.07) is -0.764. The first-order chi connectivity index (χ1) is 36.5. The third-order valence-corrected chi connectivity index (χ3v) is 15.6. The number of rotatable bonds is 62. The monoisotopic (exact) mass is 1040 g/mol. The smallest absolute Gasteiger partial charge is 0.222 e. The van der Waals surface area contributed by atoms with Crippen molar-refractivity contribution in [2.75, 3.05) is 6.61 Å². The van der Waals surface area contributed by atoms with Crippen molar-refractivity contribution in [1.82, 2.24) is 5.32 Å². The fourth-order valence-corrected chi connectivity index (χ4v) is 10.5. The summed E-state index contributed by atoms with van der Waals surface area (Å²) >= 11 is 0. The van der Waals surface area contributed by atoms with E-state index in [2.05, 4.69) is 55.6 Å². The molecule has 0 aliphatic carbocycles. The molecule has 0 fully saturated rings. The van der Waals surface area contributed by atoms with Crippen LogP contribution in [0.1, 0.15) is 361 Å². The average Bonchev–Trinajstić information content (AvgIpc) is 3.40. The molecule has 0 saturated heterocycles. The molecule has 0 rings (SSSR count). The summed E-state index contributed by atoms with van der Waals surface area (Å²) < 4.78 is 0. The Morgan fingerprint density at radius 3 is 0.946 bits per heavy atom. The van der Waals surface area contributed by atoms with Crippen molar-refractivity contribution in [3.63, 3.8) is 0 Å². The molecule has 0 bridgehead atoms. The molecular formula is C69H131NO4. The van der Waals surface area contributed by atoms with Gasteiger partial charge in [0.15, 0.2) is 0 Å². The molecule has 74 heavy (non-hydrogen) atoms. The summed E-state index contributed by atoms with van der Waals surface area (Å²) in [6.07, 6.45) is 86.4. The van der Waals surface area contributed by atoms with E-state index in [0.29, 0.717) is 6.42 Å². The molecule has 5 nitrogen and oxygen atoms in total. The zero-order valence-electron chi connectivity index (χ0n) is 50.0. The minimum atomic E-state index is -0.954. The Morgan fingerprint density at radius 2 is 0.622 bits per heavy atom. The quantitative estimate of drug-likeness (QED) is 0.0361. The molecule has 3 unspecified atom stereocenters. The molecule has 5 heteroatoms. The lowest BCUT2D eigenvalue weighted by molar-refractivity contribution is -0.124. The van der Waals surface area contributed by atoms with Crippen LogP contribution in [0.25, 0.3) is 0 Å². The molecular weight excluding hydrogens is 907 g/mol. The van der Waals surface area contributed by atoms with Gasteiger partial charge in [-0.05, 0) is 64.2 Å². The Morgan fingerprint density at radius 1 is 0.351 bits per heavy atom. The first-order valence-corrected chi connectivity index (χ1v) is 33.4. The van der Waals surface area contributed by atoms with Gasteiger partial charge in [-0.15, -0.1) is 0 Å². The maximum atomic E-state index is 12.6. The second-order valence-corrected chi connectivity index (χ2v) is 23.1.